The lowest BCUT2D eigenvalue weighted by Gasteiger charge is -2.06. The molecule has 0 aliphatic rings. The third-order valence-corrected chi connectivity index (χ3v) is 3.54. The molecule has 3 rings (SSSR count). The van der Waals surface area contributed by atoms with E-state index in [1.807, 2.05) is 24.6 Å². The second kappa shape index (κ2) is 4.66. The van der Waals surface area contributed by atoms with Crippen molar-refractivity contribution in [2.24, 2.45) is 0 Å². The van der Waals surface area contributed by atoms with Crippen LogP contribution in [-0.4, -0.2) is 26.6 Å². The second-order valence-corrected chi connectivity index (χ2v) is 4.76. The van der Waals surface area contributed by atoms with Crippen molar-refractivity contribution in [2.45, 2.75) is 6.54 Å². The summed E-state index contributed by atoms with van der Waals surface area (Å²) in [6.45, 7) is 0.436. The first kappa shape index (κ1) is 11.6. The molecule has 0 aromatic carbocycles. The van der Waals surface area contributed by atoms with Crippen LogP contribution in [0.3, 0.4) is 0 Å². The fourth-order valence-corrected chi connectivity index (χ4v) is 2.65. The van der Waals surface area contributed by atoms with E-state index in [1.54, 1.807) is 28.3 Å². The molecule has 0 bridgehead atoms. The van der Waals surface area contributed by atoms with Crippen molar-refractivity contribution < 1.29 is 0 Å². The molecule has 0 saturated heterocycles. The van der Waals surface area contributed by atoms with Crippen molar-refractivity contribution in [3.8, 4) is 6.07 Å². The van der Waals surface area contributed by atoms with E-state index in [4.69, 9.17) is 5.26 Å². The van der Waals surface area contributed by atoms with Crippen molar-refractivity contribution in [1.82, 2.24) is 19.5 Å². The fraction of sp³-hybridized carbons (Fsp3) is 0.167. The lowest BCUT2D eigenvalue weighted by atomic mass is 10.3. The number of nitrogens with zero attached hydrogens (tertiary/aromatic N) is 5. The number of rotatable bonds is 3. The minimum absolute atomic E-state index is 0.362. The van der Waals surface area contributed by atoms with Crippen molar-refractivity contribution in [1.29, 1.82) is 5.26 Å². The van der Waals surface area contributed by atoms with Crippen molar-refractivity contribution in [2.75, 3.05) is 12.4 Å². The zero-order valence-electron chi connectivity index (χ0n) is 10.2. The summed E-state index contributed by atoms with van der Waals surface area (Å²) < 4.78 is 1.73. The Morgan fingerprint density at radius 3 is 3.16 bits per heavy atom. The lowest BCUT2D eigenvalue weighted by Crippen LogP contribution is -2.07. The van der Waals surface area contributed by atoms with Crippen molar-refractivity contribution in [3.63, 3.8) is 0 Å². The van der Waals surface area contributed by atoms with E-state index >= 15 is 0 Å². The molecule has 6 nitrogen and oxygen atoms in total. The first-order chi connectivity index (χ1) is 9.31. The number of nitrogens with one attached hydrogen (secondary N) is 1. The van der Waals surface area contributed by atoms with Crippen molar-refractivity contribution in [3.05, 3.63) is 35.5 Å². The molecule has 0 saturated carbocycles. The van der Waals surface area contributed by atoms with Crippen LogP contribution in [0.1, 0.15) is 11.6 Å². The van der Waals surface area contributed by atoms with E-state index in [-0.39, 0.29) is 0 Å². The molecule has 0 spiro atoms. The van der Waals surface area contributed by atoms with Gasteiger partial charge in [0.25, 0.3) is 0 Å². The molecule has 94 valence electrons. The first-order valence-corrected chi connectivity index (χ1v) is 6.53. The maximum absolute atomic E-state index is 8.94. The highest BCUT2D eigenvalue weighted by atomic mass is 32.1. The van der Waals surface area contributed by atoms with Gasteiger partial charge >= 0.3 is 0 Å². The minimum Gasteiger partial charge on any atom is -0.372 e. The quantitative estimate of drug-likeness (QED) is 0.785. The monoisotopic (exact) mass is 270 g/mol. The first-order valence-electron chi connectivity index (χ1n) is 5.65. The Kier molecular flexibility index (Phi) is 2.85. The van der Waals surface area contributed by atoms with Gasteiger partial charge in [-0.05, 0) is 11.4 Å². The lowest BCUT2D eigenvalue weighted by molar-refractivity contribution is 0.739. The molecule has 19 heavy (non-hydrogen) atoms. The number of thiophene rings is 1. The SMILES string of the molecule is CNc1nc(Cn2ccnc2C#N)nc2sccc12. The molecule has 0 unspecified atom stereocenters. The van der Waals surface area contributed by atoms with Crippen LogP contribution in [-0.2, 0) is 6.54 Å². The van der Waals surface area contributed by atoms with Gasteiger partial charge in [0.15, 0.2) is 5.82 Å². The van der Waals surface area contributed by atoms with Gasteiger partial charge in [-0.2, -0.15) is 5.26 Å². The predicted molar refractivity (Wildman–Crippen MR) is 73.0 cm³/mol. The van der Waals surface area contributed by atoms with Crippen LogP contribution in [0.25, 0.3) is 10.2 Å². The molecule has 0 atom stereocenters. The Hall–Kier alpha value is -2.46. The standard InChI is InChI=1S/C12H10N6S/c1-14-11-8-2-5-19-12(8)17-9(16-11)7-18-4-3-15-10(18)6-13/h2-5H,7H2,1H3,(H,14,16,17). The molecule has 1 N–H and O–H groups in total. The number of aromatic nitrogens is 4. The molecule has 3 aromatic heterocycles. The highest BCUT2D eigenvalue weighted by molar-refractivity contribution is 7.16. The molecule has 0 fully saturated rings. The molecule has 0 radical (unpaired) electrons. The summed E-state index contributed by atoms with van der Waals surface area (Å²) in [4.78, 5) is 13.9. The number of nitriles is 1. The van der Waals surface area contributed by atoms with Crippen molar-refractivity contribution >= 4 is 27.4 Å². The summed E-state index contributed by atoms with van der Waals surface area (Å²) in [5.74, 6) is 1.83. The molecular weight excluding hydrogens is 260 g/mol. The summed E-state index contributed by atoms with van der Waals surface area (Å²) in [6.07, 6.45) is 3.35. The summed E-state index contributed by atoms with van der Waals surface area (Å²) in [7, 11) is 1.83. The van der Waals surface area contributed by atoms with Crippen LogP contribution < -0.4 is 5.32 Å². The maximum atomic E-state index is 8.94. The maximum Gasteiger partial charge on any atom is 0.213 e. The Bertz CT molecular complexity index is 766. The van der Waals surface area contributed by atoms with Crippen LogP contribution in [0.2, 0.25) is 0 Å². The number of anilines is 1. The largest absolute Gasteiger partial charge is 0.372 e. The van der Waals surface area contributed by atoms with E-state index in [2.05, 4.69) is 20.3 Å². The molecule has 3 aromatic rings. The van der Waals surface area contributed by atoms with E-state index in [1.165, 1.54) is 0 Å². The second-order valence-electron chi connectivity index (χ2n) is 3.87. The van der Waals surface area contributed by atoms with E-state index in [9.17, 15) is 0 Å². The summed E-state index contributed by atoms with van der Waals surface area (Å²) in [6, 6.07) is 4.03. The van der Waals surface area contributed by atoms with Crippen LogP contribution in [0, 0.1) is 11.3 Å². The van der Waals surface area contributed by atoms with Crippen LogP contribution in [0.15, 0.2) is 23.8 Å². The van der Waals surface area contributed by atoms with Crippen LogP contribution >= 0.6 is 11.3 Å². The summed E-state index contributed by atoms with van der Waals surface area (Å²) in [5, 5.41) is 15.0. The highest BCUT2D eigenvalue weighted by Gasteiger charge is 2.09. The molecular formula is C12H10N6S. The van der Waals surface area contributed by atoms with Gasteiger partial charge in [0.1, 0.15) is 16.7 Å². The van der Waals surface area contributed by atoms with Gasteiger partial charge in [-0.1, -0.05) is 0 Å². The van der Waals surface area contributed by atoms with Crippen LogP contribution in [0.5, 0.6) is 0 Å². The topological polar surface area (TPSA) is 79.4 Å². The highest BCUT2D eigenvalue weighted by Crippen LogP contribution is 2.24. The summed E-state index contributed by atoms with van der Waals surface area (Å²) >= 11 is 1.57. The third kappa shape index (κ3) is 2.02. The number of fused-ring (bicyclic) bond motifs is 1. The molecule has 0 aliphatic carbocycles. The predicted octanol–water partition coefficient (Wildman–Crippen LogP) is 1.85. The van der Waals surface area contributed by atoms with E-state index < -0.39 is 0 Å². The van der Waals surface area contributed by atoms with Gasteiger partial charge in [0, 0.05) is 19.4 Å². The van der Waals surface area contributed by atoms with Gasteiger partial charge in [0.2, 0.25) is 5.82 Å². The van der Waals surface area contributed by atoms with Crippen LogP contribution in [0.4, 0.5) is 5.82 Å². The van der Waals surface area contributed by atoms with E-state index in [0.29, 0.717) is 18.2 Å². The zero-order chi connectivity index (χ0) is 13.2. The Balaban J connectivity index is 2.04. The zero-order valence-corrected chi connectivity index (χ0v) is 11.0. The van der Waals surface area contributed by atoms with Gasteiger partial charge in [-0.25, -0.2) is 15.0 Å². The molecule has 3 heterocycles. The smallest absolute Gasteiger partial charge is 0.213 e. The van der Waals surface area contributed by atoms with Gasteiger partial charge in [-0.15, -0.1) is 11.3 Å². The average molecular weight is 270 g/mol. The normalized spacial score (nSPS) is 10.5. The Labute approximate surface area is 113 Å². The molecule has 7 heteroatoms. The van der Waals surface area contributed by atoms with E-state index in [0.717, 1.165) is 16.0 Å². The fourth-order valence-electron chi connectivity index (χ4n) is 1.86. The van der Waals surface area contributed by atoms with Gasteiger partial charge in [0.05, 0.1) is 11.9 Å². The Morgan fingerprint density at radius 1 is 1.47 bits per heavy atom. The van der Waals surface area contributed by atoms with Gasteiger partial charge in [-0.3, -0.25) is 0 Å². The summed E-state index contributed by atoms with van der Waals surface area (Å²) in [5.41, 5.74) is 0. The number of hydrogen-bond acceptors (Lipinski definition) is 6. The molecule has 0 aliphatic heterocycles. The number of imidazole rings is 1. The number of hydrogen-bond donors (Lipinski definition) is 1. The van der Waals surface area contributed by atoms with Gasteiger partial charge < -0.3 is 9.88 Å². The Morgan fingerprint density at radius 2 is 2.37 bits per heavy atom. The minimum atomic E-state index is 0.362. The molecule has 0 amide bonds. The third-order valence-electron chi connectivity index (χ3n) is 2.74. The average Bonchev–Trinajstić information content (AvgIpc) is 3.06.